The first-order valence-electron chi connectivity index (χ1n) is 6.43. The predicted octanol–water partition coefficient (Wildman–Crippen LogP) is 2.77. The van der Waals surface area contributed by atoms with Gasteiger partial charge in [-0.25, -0.2) is 0 Å². The molecule has 16 heavy (non-hydrogen) atoms. The minimum atomic E-state index is 0.415. The van der Waals surface area contributed by atoms with Gasteiger partial charge >= 0.3 is 0 Å². The van der Waals surface area contributed by atoms with Crippen LogP contribution < -0.4 is 5.32 Å². The van der Waals surface area contributed by atoms with Gasteiger partial charge in [0.05, 0.1) is 17.4 Å². The number of hydrogen-bond acceptors (Lipinski definition) is 2. The fourth-order valence-corrected chi connectivity index (χ4v) is 2.06. The molecule has 0 bridgehead atoms. The summed E-state index contributed by atoms with van der Waals surface area (Å²) in [5.74, 6) is 0.589. The summed E-state index contributed by atoms with van der Waals surface area (Å²) in [4.78, 5) is 0. The van der Waals surface area contributed by atoms with E-state index >= 15 is 0 Å². The van der Waals surface area contributed by atoms with Crippen molar-refractivity contribution in [3.8, 4) is 0 Å². The molecule has 1 unspecified atom stereocenters. The van der Waals surface area contributed by atoms with Crippen molar-refractivity contribution in [1.29, 1.82) is 0 Å². The molecule has 92 valence electrons. The Balaban J connectivity index is 3.01. The number of aryl methyl sites for hydroxylation is 2. The van der Waals surface area contributed by atoms with Crippen LogP contribution in [0.5, 0.6) is 0 Å². The second-order valence-electron chi connectivity index (χ2n) is 4.51. The van der Waals surface area contributed by atoms with E-state index in [0.717, 1.165) is 19.5 Å². The Morgan fingerprint density at radius 2 is 2.00 bits per heavy atom. The van der Waals surface area contributed by atoms with Gasteiger partial charge < -0.3 is 5.32 Å². The molecule has 1 aromatic heterocycles. The molecule has 1 heterocycles. The highest BCUT2D eigenvalue weighted by atomic mass is 15.3. The molecule has 0 saturated carbocycles. The molecule has 0 aromatic carbocycles. The Bertz CT molecular complexity index is 315. The van der Waals surface area contributed by atoms with Gasteiger partial charge in [0.2, 0.25) is 0 Å². The van der Waals surface area contributed by atoms with Gasteiger partial charge in [-0.15, -0.1) is 0 Å². The molecule has 1 N–H and O–H groups in total. The molecule has 0 aliphatic rings. The van der Waals surface area contributed by atoms with Gasteiger partial charge in [0.25, 0.3) is 0 Å². The Hall–Kier alpha value is -0.830. The number of rotatable bonds is 6. The van der Waals surface area contributed by atoms with E-state index in [9.17, 15) is 0 Å². The average Bonchev–Trinajstić information content (AvgIpc) is 2.68. The number of hydrogen-bond donors (Lipinski definition) is 1. The summed E-state index contributed by atoms with van der Waals surface area (Å²) < 4.78 is 2.13. The van der Waals surface area contributed by atoms with E-state index in [2.05, 4.69) is 55.8 Å². The van der Waals surface area contributed by atoms with Gasteiger partial charge in [0.15, 0.2) is 0 Å². The van der Waals surface area contributed by atoms with E-state index in [4.69, 9.17) is 0 Å². The van der Waals surface area contributed by atoms with Crippen LogP contribution in [0.25, 0.3) is 0 Å². The Kier molecular flexibility index (Phi) is 5.00. The van der Waals surface area contributed by atoms with Gasteiger partial charge in [-0.3, -0.25) is 4.68 Å². The first-order valence-corrected chi connectivity index (χ1v) is 6.43. The van der Waals surface area contributed by atoms with Crippen molar-refractivity contribution < 1.29 is 0 Å². The van der Waals surface area contributed by atoms with Gasteiger partial charge in [0.1, 0.15) is 0 Å². The smallest absolute Gasteiger partial charge is 0.0625 e. The first-order chi connectivity index (χ1) is 7.63. The van der Waals surface area contributed by atoms with Crippen molar-refractivity contribution in [3.05, 3.63) is 17.5 Å². The van der Waals surface area contributed by atoms with Crippen molar-refractivity contribution in [1.82, 2.24) is 15.1 Å². The lowest BCUT2D eigenvalue weighted by atomic mass is 10.0. The molecule has 3 heteroatoms. The molecule has 0 saturated heterocycles. The molecule has 1 rings (SSSR count). The Morgan fingerprint density at radius 3 is 2.44 bits per heavy atom. The molecule has 0 radical (unpaired) electrons. The summed E-state index contributed by atoms with van der Waals surface area (Å²) >= 11 is 0. The minimum absolute atomic E-state index is 0.415. The molecule has 1 aromatic rings. The summed E-state index contributed by atoms with van der Waals surface area (Å²) in [5.41, 5.74) is 2.52. The lowest BCUT2D eigenvalue weighted by Crippen LogP contribution is -2.27. The first kappa shape index (κ1) is 13.2. The van der Waals surface area contributed by atoms with Crippen molar-refractivity contribution in [2.45, 2.75) is 53.6 Å². The topological polar surface area (TPSA) is 29.9 Å². The van der Waals surface area contributed by atoms with Crippen LogP contribution in [0.3, 0.4) is 0 Å². The quantitative estimate of drug-likeness (QED) is 0.803. The highest BCUT2D eigenvalue weighted by molar-refractivity contribution is 5.15. The number of aromatic nitrogens is 2. The van der Waals surface area contributed by atoms with Crippen LogP contribution >= 0.6 is 0 Å². The van der Waals surface area contributed by atoms with Crippen LogP contribution in [-0.2, 0) is 13.0 Å². The van der Waals surface area contributed by atoms with Crippen LogP contribution in [0.4, 0.5) is 0 Å². The fourth-order valence-electron chi connectivity index (χ4n) is 2.06. The van der Waals surface area contributed by atoms with Crippen molar-refractivity contribution >= 4 is 0 Å². The number of nitrogens with zero attached hydrogens (tertiary/aromatic N) is 2. The molecule has 3 nitrogen and oxygen atoms in total. The SMILES string of the molecule is CCNC(c1cc(CC)nn1CC)C(C)C. The molecular formula is C13H25N3. The maximum atomic E-state index is 4.61. The molecular weight excluding hydrogens is 198 g/mol. The Morgan fingerprint density at radius 1 is 1.31 bits per heavy atom. The summed E-state index contributed by atoms with van der Waals surface area (Å²) in [6, 6.07) is 2.66. The van der Waals surface area contributed by atoms with Crippen molar-refractivity contribution in [3.63, 3.8) is 0 Å². The summed E-state index contributed by atoms with van der Waals surface area (Å²) in [6.45, 7) is 12.9. The fraction of sp³-hybridized carbons (Fsp3) is 0.769. The molecule has 1 atom stereocenters. The van der Waals surface area contributed by atoms with E-state index in [1.165, 1.54) is 11.4 Å². The third-order valence-electron chi connectivity index (χ3n) is 2.93. The van der Waals surface area contributed by atoms with Crippen LogP contribution in [0.1, 0.15) is 52.0 Å². The summed E-state index contributed by atoms with van der Waals surface area (Å²) in [5, 5.41) is 8.16. The van der Waals surface area contributed by atoms with Crippen LogP contribution in [0.2, 0.25) is 0 Å². The zero-order chi connectivity index (χ0) is 12.1. The van der Waals surface area contributed by atoms with Crippen molar-refractivity contribution in [2.24, 2.45) is 5.92 Å². The van der Waals surface area contributed by atoms with E-state index < -0.39 is 0 Å². The molecule has 0 spiro atoms. The van der Waals surface area contributed by atoms with E-state index in [1.807, 2.05) is 0 Å². The Labute approximate surface area is 99.2 Å². The zero-order valence-corrected chi connectivity index (χ0v) is 11.2. The molecule has 0 amide bonds. The zero-order valence-electron chi connectivity index (χ0n) is 11.2. The predicted molar refractivity (Wildman–Crippen MR) is 68.5 cm³/mol. The van der Waals surface area contributed by atoms with Crippen LogP contribution in [0.15, 0.2) is 6.07 Å². The maximum absolute atomic E-state index is 4.61. The van der Waals surface area contributed by atoms with Gasteiger partial charge in [-0.05, 0) is 31.9 Å². The van der Waals surface area contributed by atoms with Crippen LogP contribution in [0, 0.1) is 5.92 Å². The standard InChI is InChI=1S/C13H25N3/c1-6-11-9-12(16(8-3)15-11)13(10(4)5)14-7-2/h9-10,13-14H,6-8H2,1-5H3. The van der Waals surface area contributed by atoms with Crippen LogP contribution in [-0.4, -0.2) is 16.3 Å². The molecule has 0 fully saturated rings. The van der Waals surface area contributed by atoms with Gasteiger partial charge in [0, 0.05) is 6.54 Å². The monoisotopic (exact) mass is 223 g/mol. The lowest BCUT2D eigenvalue weighted by molar-refractivity contribution is 0.392. The molecule has 0 aliphatic carbocycles. The lowest BCUT2D eigenvalue weighted by Gasteiger charge is -2.22. The summed E-state index contributed by atoms with van der Waals surface area (Å²) in [6.07, 6.45) is 1.01. The highest BCUT2D eigenvalue weighted by Gasteiger charge is 2.19. The second kappa shape index (κ2) is 6.04. The van der Waals surface area contributed by atoms with E-state index in [-0.39, 0.29) is 0 Å². The summed E-state index contributed by atoms with van der Waals surface area (Å²) in [7, 11) is 0. The maximum Gasteiger partial charge on any atom is 0.0625 e. The third kappa shape index (κ3) is 2.85. The second-order valence-corrected chi connectivity index (χ2v) is 4.51. The molecule has 0 aliphatic heterocycles. The minimum Gasteiger partial charge on any atom is -0.309 e. The largest absolute Gasteiger partial charge is 0.309 e. The number of nitrogens with one attached hydrogen (secondary N) is 1. The van der Waals surface area contributed by atoms with Crippen molar-refractivity contribution in [2.75, 3.05) is 6.54 Å². The third-order valence-corrected chi connectivity index (χ3v) is 2.93. The average molecular weight is 223 g/mol. The van der Waals surface area contributed by atoms with E-state index in [0.29, 0.717) is 12.0 Å². The van der Waals surface area contributed by atoms with Gasteiger partial charge in [-0.2, -0.15) is 5.10 Å². The van der Waals surface area contributed by atoms with E-state index in [1.54, 1.807) is 0 Å². The highest BCUT2D eigenvalue weighted by Crippen LogP contribution is 2.22. The van der Waals surface area contributed by atoms with Gasteiger partial charge in [-0.1, -0.05) is 27.7 Å². The normalized spacial score (nSPS) is 13.4.